The van der Waals surface area contributed by atoms with E-state index in [4.69, 9.17) is 5.73 Å². The number of aliphatic hydroxyl groups excluding tert-OH is 1. The highest BCUT2D eigenvalue weighted by Crippen LogP contribution is 2.27. The minimum atomic E-state index is -0.870. The Morgan fingerprint density at radius 3 is 2.59 bits per heavy atom. The lowest BCUT2D eigenvalue weighted by Crippen LogP contribution is -2.43. The number of aromatic nitrogens is 2. The molecule has 3 amide bonds. The number of β-amino-alcohol motifs (C(OH)–C–C–N with tert-alkyl or cyclic N) is 1. The highest BCUT2D eigenvalue weighted by Gasteiger charge is 2.21. The van der Waals surface area contributed by atoms with Gasteiger partial charge in [-0.2, -0.15) is 5.10 Å². The second-order valence-corrected chi connectivity index (χ2v) is 8.74. The van der Waals surface area contributed by atoms with Crippen LogP contribution in [0.4, 0.5) is 16.3 Å². The van der Waals surface area contributed by atoms with Crippen LogP contribution in [0.2, 0.25) is 0 Å². The van der Waals surface area contributed by atoms with Crippen molar-refractivity contribution >= 4 is 23.4 Å². The molecule has 10 nitrogen and oxygen atoms in total. The van der Waals surface area contributed by atoms with Gasteiger partial charge in [-0.25, -0.2) is 4.79 Å². The van der Waals surface area contributed by atoms with Gasteiger partial charge in [-0.3, -0.25) is 9.89 Å². The normalized spacial score (nSPS) is 12.2. The van der Waals surface area contributed by atoms with E-state index in [-0.39, 0.29) is 35.8 Å². The first-order chi connectivity index (χ1) is 16.1. The molecule has 1 aromatic heterocycles. The second kappa shape index (κ2) is 10.8. The molecule has 0 aliphatic rings. The zero-order chi connectivity index (χ0) is 24.7. The molecule has 180 valence electrons. The fraction of sp³-hybridized carbons (Fsp3) is 0.292. The van der Waals surface area contributed by atoms with E-state index in [1.807, 2.05) is 38.1 Å². The number of aliphatic hydroxyl groups is 1. The van der Waals surface area contributed by atoms with Crippen LogP contribution in [-0.4, -0.2) is 44.4 Å². The number of phenols is 1. The first-order valence-electron chi connectivity index (χ1n) is 10.8. The Hall–Kier alpha value is -3.89. The molecule has 0 radical (unpaired) electrons. The quantitative estimate of drug-likeness (QED) is 0.227. The van der Waals surface area contributed by atoms with Crippen LogP contribution in [0, 0.1) is 0 Å². The maximum atomic E-state index is 12.2. The number of hydrogen-bond donors (Lipinski definition) is 7. The number of urea groups is 1. The minimum Gasteiger partial charge on any atom is -0.506 e. The third kappa shape index (κ3) is 7.32. The number of carbonyl (C=O) groups excluding carboxylic acids is 2. The standard InChI is InChI=1S/C24H30N6O4/c1-24(2,26-14-20(32)17-6-7-19(31)18(12-17)28-23(25)34)13-16-5-3-4-15(10-16)11-22(33)29-21-8-9-27-30-21/h3-10,12,20,26,31-32H,11,13-14H2,1-2H3,(H3,25,28,34)(H2,27,29,30,33)/t20-/m0/s1. The molecule has 8 N–H and O–H groups in total. The van der Waals surface area contributed by atoms with Crippen molar-refractivity contribution in [1.82, 2.24) is 15.5 Å². The van der Waals surface area contributed by atoms with Crippen LogP contribution in [0.15, 0.2) is 54.7 Å². The number of rotatable bonds is 10. The average Bonchev–Trinajstić information content (AvgIpc) is 3.26. The van der Waals surface area contributed by atoms with Gasteiger partial charge < -0.3 is 31.9 Å². The SMILES string of the molecule is CC(C)(Cc1cccc(CC(=O)Nc2ccn[nH]2)c1)NC[C@H](O)c1ccc(O)c(NC(N)=O)c1. The molecule has 1 heterocycles. The predicted octanol–water partition coefficient (Wildman–Crippen LogP) is 2.43. The van der Waals surface area contributed by atoms with Gasteiger partial charge in [0, 0.05) is 18.2 Å². The lowest BCUT2D eigenvalue weighted by Gasteiger charge is -2.28. The Kier molecular flexibility index (Phi) is 7.87. The molecule has 2 aromatic carbocycles. The fourth-order valence-corrected chi connectivity index (χ4v) is 3.61. The molecule has 0 aliphatic carbocycles. The summed E-state index contributed by atoms with van der Waals surface area (Å²) in [5.41, 5.74) is 7.36. The van der Waals surface area contributed by atoms with E-state index in [0.29, 0.717) is 17.8 Å². The van der Waals surface area contributed by atoms with Gasteiger partial charge in [0.05, 0.1) is 24.4 Å². The Morgan fingerprint density at radius 1 is 1.12 bits per heavy atom. The summed E-state index contributed by atoms with van der Waals surface area (Å²) in [6, 6.07) is 13.2. The topological polar surface area (TPSA) is 165 Å². The van der Waals surface area contributed by atoms with E-state index in [1.54, 1.807) is 18.3 Å². The Labute approximate surface area is 197 Å². The average molecular weight is 467 g/mol. The number of nitrogens with zero attached hydrogens (tertiary/aromatic N) is 1. The van der Waals surface area contributed by atoms with Gasteiger partial charge in [0.15, 0.2) is 0 Å². The first kappa shape index (κ1) is 24.7. The number of amides is 3. The summed E-state index contributed by atoms with van der Waals surface area (Å²) in [6.45, 7) is 4.29. The second-order valence-electron chi connectivity index (χ2n) is 8.74. The van der Waals surface area contributed by atoms with E-state index in [1.165, 1.54) is 12.1 Å². The highest BCUT2D eigenvalue weighted by atomic mass is 16.3. The van der Waals surface area contributed by atoms with Crippen molar-refractivity contribution in [2.75, 3.05) is 17.2 Å². The van der Waals surface area contributed by atoms with E-state index < -0.39 is 12.1 Å². The van der Waals surface area contributed by atoms with Crippen molar-refractivity contribution in [3.05, 3.63) is 71.4 Å². The number of nitrogens with two attached hydrogens (primary N) is 1. The summed E-state index contributed by atoms with van der Waals surface area (Å²) in [7, 11) is 0. The van der Waals surface area contributed by atoms with Crippen molar-refractivity contribution in [3.8, 4) is 5.75 Å². The summed E-state index contributed by atoms with van der Waals surface area (Å²) < 4.78 is 0. The van der Waals surface area contributed by atoms with E-state index in [9.17, 15) is 19.8 Å². The van der Waals surface area contributed by atoms with Gasteiger partial charge in [0.25, 0.3) is 0 Å². The molecule has 0 unspecified atom stereocenters. The minimum absolute atomic E-state index is 0.136. The summed E-state index contributed by atoms with van der Waals surface area (Å²) in [5.74, 6) is 0.276. The fourth-order valence-electron chi connectivity index (χ4n) is 3.61. The maximum Gasteiger partial charge on any atom is 0.316 e. The molecule has 1 atom stereocenters. The van der Waals surface area contributed by atoms with Gasteiger partial charge in [-0.05, 0) is 49.1 Å². The summed E-state index contributed by atoms with van der Waals surface area (Å²) >= 11 is 0. The van der Waals surface area contributed by atoms with Gasteiger partial charge in [0.1, 0.15) is 11.6 Å². The number of aromatic hydroxyl groups is 1. The molecule has 34 heavy (non-hydrogen) atoms. The van der Waals surface area contributed by atoms with Crippen molar-refractivity contribution in [2.24, 2.45) is 5.73 Å². The highest BCUT2D eigenvalue weighted by molar-refractivity contribution is 5.91. The van der Waals surface area contributed by atoms with Crippen molar-refractivity contribution in [3.63, 3.8) is 0 Å². The monoisotopic (exact) mass is 466 g/mol. The molecule has 0 saturated heterocycles. The van der Waals surface area contributed by atoms with Crippen molar-refractivity contribution in [2.45, 2.75) is 38.3 Å². The number of hydrogen-bond acceptors (Lipinski definition) is 6. The van der Waals surface area contributed by atoms with Gasteiger partial charge in [0.2, 0.25) is 5.91 Å². The number of aromatic amines is 1. The van der Waals surface area contributed by atoms with Crippen LogP contribution in [0.25, 0.3) is 0 Å². The van der Waals surface area contributed by atoms with Crippen LogP contribution in [0.1, 0.15) is 36.6 Å². The molecule has 0 aliphatic heterocycles. The van der Waals surface area contributed by atoms with E-state index in [0.717, 1.165) is 11.1 Å². The van der Waals surface area contributed by atoms with Crippen molar-refractivity contribution < 1.29 is 19.8 Å². The number of carbonyl (C=O) groups is 2. The summed E-state index contributed by atoms with van der Waals surface area (Å²) in [4.78, 5) is 23.3. The third-order valence-electron chi connectivity index (χ3n) is 5.21. The van der Waals surface area contributed by atoms with Gasteiger partial charge in [-0.15, -0.1) is 0 Å². The maximum absolute atomic E-state index is 12.2. The molecule has 0 bridgehead atoms. The van der Waals surface area contributed by atoms with Crippen LogP contribution in [0.3, 0.4) is 0 Å². The Morgan fingerprint density at radius 2 is 1.88 bits per heavy atom. The molecule has 0 spiro atoms. The summed E-state index contributed by atoms with van der Waals surface area (Å²) in [5, 5.41) is 35.4. The van der Waals surface area contributed by atoms with Crippen LogP contribution < -0.4 is 21.7 Å². The largest absolute Gasteiger partial charge is 0.506 e. The lowest BCUT2D eigenvalue weighted by atomic mass is 9.93. The summed E-state index contributed by atoms with van der Waals surface area (Å²) in [6.07, 6.45) is 1.61. The zero-order valence-electron chi connectivity index (χ0n) is 19.1. The zero-order valence-corrected chi connectivity index (χ0v) is 19.1. The van der Waals surface area contributed by atoms with Crippen LogP contribution >= 0.6 is 0 Å². The van der Waals surface area contributed by atoms with Crippen LogP contribution in [0.5, 0.6) is 5.75 Å². The number of phenolic OH excluding ortho intramolecular Hbond substituents is 1. The number of benzene rings is 2. The van der Waals surface area contributed by atoms with Gasteiger partial charge in [-0.1, -0.05) is 30.3 Å². The van der Waals surface area contributed by atoms with Gasteiger partial charge >= 0.3 is 6.03 Å². The van der Waals surface area contributed by atoms with Crippen LogP contribution in [-0.2, 0) is 17.6 Å². The molecule has 3 rings (SSSR count). The number of primary amides is 1. The van der Waals surface area contributed by atoms with E-state index in [2.05, 4.69) is 26.1 Å². The molecule has 0 saturated carbocycles. The predicted molar refractivity (Wildman–Crippen MR) is 129 cm³/mol. The molecule has 0 fully saturated rings. The van der Waals surface area contributed by atoms with E-state index >= 15 is 0 Å². The molecule has 3 aromatic rings. The van der Waals surface area contributed by atoms with Crippen molar-refractivity contribution in [1.29, 1.82) is 0 Å². The molecule has 10 heteroatoms. The number of nitrogens with one attached hydrogen (secondary N) is 4. The Balaban J connectivity index is 1.57. The number of H-pyrrole nitrogens is 1. The lowest BCUT2D eigenvalue weighted by molar-refractivity contribution is -0.115. The Bertz CT molecular complexity index is 1130. The smallest absolute Gasteiger partial charge is 0.316 e. The molecular formula is C24H30N6O4. The third-order valence-corrected chi connectivity index (χ3v) is 5.21. The number of anilines is 2. The first-order valence-corrected chi connectivity index (χ1v) is 10.8. The molecular weight excluding hydrogens is 436 g/mol.